The van der Waals surface area contributed by atoms with Gasteiger partial charge in [-0.2, -0.15) is 0 Å². The minimum absolute atomic E-state index is 0.135. The van der Waals surface area contributed by atoms with Crippen LogP contribution in [0.1, 0.15) is 61.8 Å². The van der Waals surface area contributed by atoms with Crippen LogP contribution in [0.5, 0.6) is 5.75 Å². The van der Waals surface area contributed by atoms with Crippen molar-refractivity contribution in [2.24, 2.45) is 0 Å². The maximum atomic E-state index is 9.72. The minimum Gasteiger partial charge on any atom is -0.508 e. The van der Waals surface area contributed by atoms with Crippen molar-refractivity contribution in [3.05, 3.63) is 64.7 Å². The van der Waals surface area contributed by atoms with Crippen molar-refractivity contribution >= 4 is 0 Å². The highest BCUT2D eigenvalue weighted by molar-refractivity contribution is 5.36. The molecule has 0 amide bonds. The van der Waals surface area contributed by atoms with Gasteiger partial charge < -0.3 is 15.3 Å². The van der Waals surface area contributed by atoms with E-state index >= 15 is 0 Å². The maximum absolute atomic E-state index is 9.72. The van der Waals surface area contributed by atoms with E-state index in [2.05, 4.69) is 24.3 Å². The topological polar surface area (TPSA) is 60.7 Å². The molecule has 2 rings (SSSR count). The van der Waals surface area contributed by atoms with Crippen LogP contribution in [0.4, 0.5) is 0 Å². The summed E-state index contributed by atoms with van der Waals surface area (Å²) in [4.78, 5) is 0. The lowest BCUT2D eigenvalue weighted by Gasteiger charge is -2.16. The largest absolute Gasteiger partial charge is 0.508 e. The van der Waals surface area contributed by atoms with Crippen LogP contribution in [0, 0.1) is 0 Å². The van der Waals surface area contributed by atoms with E-state index in [4.69, 9.17) is 0 Å². The third-order valence-corrected chi connectivity index (χ3v) is 4.79. The van der Waals surface area contributed by atoms with E-state index in [0.717, 1.165) is 50.5 Å². The average Bonchev–Trinajstić information content (AvgIpc) is 2.61. The van der Waals surface area contributed by atoms with Crippen LogP contribution in [-0.4, -0.2) is 20.9 Å². The monoisotopic (exact) mass is 356 g/mol. The molecule has 3 heteroatoms. The third kappa shape index (κ3) is 7.19. The summed E-state index contributed by atoms with van der Waals surface area (Å²) in [5.74, 6) is 0.156. The van der Waals surface area contributed by atoms with Gasteiger partial charge in [0.05, 0.1) is 12.2 Å². The molecule has 3 N–H and O–H groups in total. The van der Waals surface area contributed by atoms with Gasteiger partial charge in [-0.3, -0.25) is 0 Å². The highest BCUT2D eigenvalue weighted by atomic mass is 16.3. The van der Waals surface area contributed by atoms with E-state index in [1.165, 1.54) is 11.1 Å². The summed E-state index contributed by atoms with van der Waals surface area (Å²) in [6.07, 6.45) is 7.17. The van der Waals surface area contributed by atoms with Gasteiger partial charge in [-0.25, -0.2) is 0 Å². The standard InChI is InChI=1S/C23H32O3/c1-23(2,26)15-5-3-4-6-18-7-9-19(10-8-18)11-12-20-13-14-22(25)21(16-20)17-24/h7-10,13-14,16,24-26H,3-6,11-12,15,17H2,1-2H3. The van der Waals surface area contributed by atoms with E-state index < -0.39 is 5.60 Å². The quantitative estimate of drug-likeness (QED) is 0.548. The Balaban J connectivity index is 1.75. The van der Waals surface area contributed by atoms with Gasteiger partial charge >= 0.3 is 0 Å². The van der Waals surface area contributed by atoms with E-state index in [-0.39, 0.29) is 12.4 Å². The van der Waals surface area contributed by atoms with E-state index in [0.29, 0.717) is 5.56 Å². The van der Waals surface area contributed by atoms with Crippen LogP contribution in [0.3, 0.4) is 0 Å². The van der Waals surface area contributed by atoms with Crippen LogP contribution in [-0.2, 0) is 25.9 Å². The second-order valence-electron chi connectivity index (χ2n) is 7.81. The van der Waals surface area contributed by atoms with Crippen LogP contribution in [0.2, 0.25) is 0 Å². The molecule has 0 radical (unpaired) electrons. The molecular weight excluding hydrogens is 324 g/mol. The molecular formula is C23H32O3. The number of rotatable bonds is 10. The Morgan fingerprint density at radius 1 is 0.769 bits per heavy atom. The number of aliphatic hydroxyl groups is 2. The summed E-state index contributed by atoms with van der Waals surface area (Å²) < 4.78 is 0. The molecule has 0 aliphatic heterocycles. The van der Waals surface area contributed by atoms with Crippen molar-refractivity contribution < 1.29 is 15.3 Å². The maximum Gasteiger partial charge on any atom is 0.121 e. The number of unbranched alkanes of at least 4 members (excludes halogenated alkanes) is 2. The lowest BCUT2D eigenvalue weighted by molar-refractivity contribution is 0.0681. The Morgan fingerprint density at radius 3 is 1.96 bits per heavy atom. The van der Waals surface area contributed by atoms with E-state index in [1.807, 2.05) is 26.0 Å². The molecule has 0 heterocycles. The number of hydrogen-bond donors (Lipinski definition) is 3. The fourth-order valence-electron chi connectivity index (χ4n) is 3.15. The highest BCUT2D eigenvalue weighted by Crippen LogP contribution is 2.20. The molecule has 2 aromatic rings. The number of hydrogen-bond acceptors (Lipinski definition) is 3. The molecule has 0 aromatic heterocycles. The zero-order valence-corrected chi connectivity index (χ0v) is 16.0. The molecule has 0 spiro atoms. The number of aliphatic hydroxyl groups excluding tert-OH is 1. The van der Waals surface area contributed by atoms with Gasteiger partial charge in [0.2, 0.25) is 0 Å². The zero-order valence-electron chi connectivity index (χ0n) is 16.0. The predicted octanol–water partition coefficient (Wildman–Crippen LogP) is 4.54. The molecule has 0 fully saturated rings. The van der Waals surface area contributed by atoms with Gasteiger partial charge in [-0.05, 0) is 74.8 Å². The van der Waals surface area contributed by atoms with Crippen LogP contribution >= 0.6 is 0 Å². The second-order valence-corrected chi connectivity index (χ2v) is 7.81. The van der Waals surface area contributed by atoms with Crippen molar-refractivity contribution in [1.29, 1.82) is 0 Å². The molecule has 0 unspecified atom stereocenters. The van der Waals surface area contributed by atoms with Crippen molar-refractivity contribution in [3.63, 3.8) is 0 Å². The van der Waals surface area contributed by atoms with Gasteiger partial charge in [0, 0.05) is 5.56 Å². The van der Waals surface area contributed by atoms with E-state index in [1.54, 1.807) is 6.07 Å². The van der Waals surface area contributed by atoms with Gasteiger partial charge in [-0.15, -0.1) is 0 Å². The molecule has 0 aliphatic rings. The molecule has 0 bridgehead atoms. The number of aryl methyl sites for hydroxylation is 3. The highest BCUT2D eigenvalue weighted by Gasteiger charge is 2.10. The normalized spacial score (nSPS) is 11.7. The first-order valence-electron chi connectivity index (χ1n) is 9.59. The molecule has 0 saturated carbocycles. The van der Waals surface area contributed by atoms with Gasteiger partial charge in [0.1, 0.15) is 5.75 Å². The van der Waals surface area contributed by atoms with E-state index in [9.17, 15) is 15.3 Å². The molecule has 3 nitrogen and oxygen atoms in total. The first-order valence-corrected chi connectivity index (χ1v) is 9.59. The Hall–Kier alpha value is -1.84. The third-order valence-electron chi connectivity index (χ3n) is 4.79. The summed E-state index contributed by atoms with van der Waals surface area (Å²) >= 11 is 0. The summed E-state index contributed by atoms with van der Waals surface area (Å²) in [7, 11) is 0. The van der Waals surface area contributed by atoms with Crippen molar-refractivity contribution in [2.45, 2.75) is 71.0 Å². The smallest absolute Gasteiger partial charge is 0.121 e. The van der Waals surface area contributed by atoms with Crippen LogP contribution in [0.15, 0.2) is 42.5 Å². The van der Waals surface area contributed by atoms with Gasteiger partial charge in [0.15, 0.2) is 0 Å². The van der Waals surface area contributed by atoms with Crippen molar-refractivity contribution in [2.75, 3.05) is 0 Å². The molecule has 0 saturated heterocycles. The summed E-state index contributed by atoms with van der Waals surface area (Å²) in [5.41, 5.74) is 3.83. The number of aromatic hydroxyl groups is 1. The lowest BCUT2D eigenvalue weighted by atomic mass is 9.98. The van der Waals surface area contributed by atoms with Crippen LogP contribution in [0.25, 0.3) is 0 Å². The lowest BCUT2D eigenvalue weighted by Crippen LogP contribution is -2.17. The Bertz CT molecular complexity index is 669. The van der Waals surface area contributed by atoms with Crippen molar-refractivity contribution in [1.82, 2.24) is 0 Å². The first kappa shape index (κ1) is 20.5. The SMILES string of the molecule is CC(C)(O)CCCCCc1ccc(CCc2ccc(O)c(CO)c2)cc1. The molecule has 2 aromatic carbocycles. The zero-order chi connectivity index (χ0) is 19.0. The minimum atomic E-state index is -0.545. The number of benzene rings is 2. The number of phenols is 1. The predicted molar refractivity (Wildman–Crippen MR) is 106 cm³/mol. The average molecular weight is 357 g/mol. The Kier molecular flexibility index (Phi) is 7.67. The molecule has 142 valence electrons. The van der Waals surface area contributed by atoms with Crippen LogP contribution < -0.4 is 0 Å². The molecule has 0 atom stereocenters. The van der Waals surface area contributed by atoms with Gasteiger partial charge in [-0.1, -0.05) is 43.2 Å². The fourth-order valence-corrected chi connectivity index (χ4v) is 3.15. The first-order chi connectivity index (χ1) is 12.4. The summed E-state index contributed by atoms with van der Waals surface area (Å²) in [6.45, 7) is 3.60. The van der Waals surface area contributed by atoms with Gasteiger partial charge in [0.25, 0.3) is 0 Å². The second kappa shape index (κ2) is 9.75. The van der Waals surface area contributed by atoms with Crippen molar-refractivity contribution in [3.8, 4) is 5.75 Å². The summed E-state index contributed by atoms with van der Waals surface area (Å²) in [6, 6.07) is 14.2. The molecule has 26 heavy (non-hydrogen) atoms. The molecule has 0 aliphatic carbocycles. The fraction of sp³-hybridized carbons (Fsp3) is 0.478. The Labute approximate surface area is 157 Å². The summed E-state index contributed by atoms with van der Waals surface area (Å²) in [5, 5.41) is 28.6. The Morgan fingerprint density at radius 2 is 1.35 bits per heavy atom.